The summed E-state index contributed by atoms with van der Waals surface area (Å²) < 4.78 is 18.8. The second-order valence-corrected chi connectivity index (χ2v) is 9.85. The highest BCUT2D eigenvalue weighted by Crippen LogP contribution is 2.51. The van der Waals surface area contributed by atoms with Gasteiger partial charge in [0.1, 0.15) is 21.5 Å². The molecule has 0 unspecified atom stereocenters. The Morgan fingerprint density at radius 3 is 2.44 bits per heavy atom. The number of amidine groups is 1. The van der Waals surface area contributed by atoms with Crippen LogP contribution in [-0.2, 0) is 4.79 Å². The fourth-order valence-corrected chi connectivity index (χ4v) is 6.24. The van der Waals surface area contributed by atoms with Crippen molar-refractivity contribution >= 4 is 63.3 Å². The van der Waals surface area contributed by atoms with Gasteiger partial charge in [0.05, 0.1) is 24.2 Å². The van der Waals surface area contributed by atoms with Crippen molar-refractivity contribution in [1.29, 1.82) is 0 Å². The molecule has 1 saturated heterocycles. The van der Waals surface area contributed by atoms with E-state index in [4.69, 9.17) is 21.3 Å². The summed E-state index contributed by atoms with van der Waals surface area (Å²) in [5, 5.41) is 1.97. The number of hydrogen-bond donors (Lipinski definition) is 0. The molecule has 34 heavy (non-hydrogen) atoms. The molecular formula is C25H19ClFN3O2S2. The zero-order valence-electron chi connectivity index (χ0n) is 18.3. The number of rotatable bonds is 4. The first-order valence-corrected chi connectivity index (χ1v) is 12.5. The van der Waals surface area contributed by atoms with Crippen molar-refractivity contribution < 1.29 is 13.9 Å². The van der Waals surface area contributed by atoms with E-state index in [1.54, 1.807) is 19.2 Å². The van der Waals surface area contributed by atoms with E-state index in [9.17, 15) is 9.18 Å². The maximum absolute atomic E-state index is 13.7. The van der Waals surface area contributed by atoms with Crippen LogP contribution in [0.15, 0.2) is 86.6 Å². The standard InChI is InChI=1S/C25H19ClFN3O2S2/c1-3-29-20-14-15(26)4-13-21(20)33-24(29)22-23(31)30(18-9-5-16(27)6-10-18)25(34-22)28-17-7-11-19(32-2)12-8-17/h4-14H,3H2,1-2H3/b24-22-,28-25?. The summed E-state index contributed by atoms with van der Waals surface area (Å²) in [4.78, 5) is 23.7. The number of halogens is 2. The number of benzene rings is 3. The van der Waals surface area contributed by atoms with Crippen molar-refractivity contribution in [1.82, 2.24) is 0 Å². The Balaban J connectivity index is 1.61. The molecule has 3 aromatic rings. The zero-order valence-corrected chi connectivity index (χ0v) is 20.7. The molecule has 1 fully saturated rings. The molecule has 3 aromatic carbocycles. The van der Waals surface area contributed by atoms with Gasteiger partial charge in [0.15, 0.2) is 5.17 Å². The summed E-state index contributed by atoms with van der Waals surface area (Å²) in [5.41, 5.74) is 2.20. The third-order valence-corrected chi connectivity index (χ3v) is 7.91. The van der Waals surface area contributed by atoms with E-state index < -0.39 is 0 Å². The van der Waals surface area contributed by atoms with Crippen LogP contribution < -0.4 is 14.5 Å². The number of anilines is 2. The van der Waals surface area contributed by atoms with Crippen molar-refractivity contribution in [3.63, 3.8) is 0 Å². The van der Waals surface area contributed by atoms with Crippen LogP contribution in [0.25, 0.3) is 0 Å². The lowest BCUT2D eigenvalue weighted by Crippen LogP contribution is -2.29. The van der Waals surface area contributed by atoms with Crippen LogP contribution in [0.4, 0.5) is 21.5 Å². The monoisotopic (exact) mass is 511 g/mol. The summed E-state index contributed by atoms with van der Waals surface area (Å²) in [6.45, 7) is 2.71. The number of nitrogens with zero attached hydrogens (tertiary/aromatic N) is 3. The van der Waals surface area contributed by atoms with E-state index >= 15 is 0 Å². The number of amides is 1. The van der Waals surface area contributed by atoms with Gasteiger partial charge in [-0.25, -0.2) is 9.38 Å². The van der Waals surface area contributed by atoms with Crippen LogP contribution in [0.2, 0.25) is 5.02 Å². The molecule has 0 spiro atoms. The normalized spacial score (nSPS) is 18.7. The fourth-order valence-electron chi connectivity index (χ4n) is 3.70. The molecule has 0 atom stereocenters. The summed E-state index contributed by atoms with van der Waals surface area (Å²) in [6, 6.07) is 18.8. The molecule has 9 heteroatoms. The topological polar surface area (TPSA) is 45.1 Å². The Morgan fingerprint density at radius 2 is 1.76 bits per heavy atom. The molecule has 1 amide bonds. The summed E-state index contributed by atoms with van der Waals surface area (Å²) >= 11 is 9.09. The van der Waals surface area contributed by atoms with Crippen molar-refractivity contribution in [2.45, 2.75) is 11.8 Å². The van der Waals surface area contributed by atoms with Crippen LogP contribution in [0, 0.1) is 5.82 Å². The minimum atomic E-state index is -0.369. The average molecular weight is 512 g/mol. The smallest absolute Gasteiger partial charge is 0.274 e. The SMILES string of the molecule is CCN1/C(=C2/SC(=Nc3ccc(OC)cc3)N(c3ccc(F)cc3)C2=O)Sc2ccc(Cl)cc21. The Hall–Kier alpha value is -2.94. The molecule has 2 aliphatic rings. The third kappa shape index (κ3) is 4.17. The lowest BCUT2D eigenvalue weighted by molar-refractivity contribution is -0.113. The first-order chi connectivity index (χ1) is 16.5. The Morgan fingerprint density at radius 1 is 1.03 bits per heavy atom. The van der Waals surface area contributed by atoms with E-state index in [0.717, 1.165) is 21.4 Å². The number of methoxy groups -OCH3 is 1. The van der Waals surface area contributed by atoms with Gasteiger partial charge in [-0.05, 0) is 85.4 Å². The maximum Gasteiger partial charge on any atom is 0.274 e. The minimum Gasteiger partial charge on any atom is -0.497 e. The molecule has 0 bridgehead atoms. The van der Waals surface area contributed by atoms with Crippen molar-refractivity contribution in [3.05, 3.63) is 87.5 Å². The molecule has 0 saturated carbocycles. The van der Waals surface area contributed by atoms with Crippen LogP contribution >= 0.6 is 35.1 Å². The van der Waals surface area contributed by atoms with Crippen LogP contribution in [0.1, 0.15) is 6.92 Å². The summed E-state index contributed by atoms with van der Waals surface area (Å²) in [5.74, 6) is 0.143. The molecule has 2 heterocycles. The van der Waals surface area contributed by atoms with Crippen LogP contribution in [0.3, 0.4) is 0 Å². The van der Waals surface area contributed by atoms with Crippen molar-refractivity contribution in [2.24, 2.45) is 4.99 Å². The lowest BCUT2D eigenvalue weighted by atomic mass is 10.2. The predicted molar refractivity (Wildman–Crippen MR) is 139 cm³/mol. The van der Waals surface area contributed by atoms with Gasteiger partial charge in [-0.3, -0.25) is 9.69 Å². The van der Waals surface area contributed by atoms with Gasteiger partial charge in [-0.2, -0.15) is 0 Å². The first kappa shape index (κ1) is 22.8. The van der Waals surface area contributed by atoms with Crippen molar-refractivity contribution in [3.8, 4) is 5.75 Å². The van der Waals surface area contributed by atoms with E-state index in [-0.39, 0.29) is 11.7 Å². The lowest BCUT2D eigenvalue weighted by Gasteiger charge is -2.19. The van der Waals surface area contributed by atoms with Gasteiger partial charge in [0, 0.05) is 16.5 Å². The highest BCUT2D eigenvalue weighted by Gasteiger charge is 2.40. The fraction of sp³-hybridized carbons (Fsp3) is 0.120. The largest absolute Gasteiger partial charge is 0.497 e. The molecule has 172 valence electrons. The number of fused-ring (bicyclic) bond motifs is 1. The second-order valence-electron chi connectivity index (χ2n) is 7.40. The highest BCUT2D eigenvalue weighted by molar-refractivity contribution is 8.20. The number of thioether (sulfide) groups is 2. The van der Waals surface area contributed by atoms with Gasteiger partial charge in [-0.15, -0.1) is 0 Å². The Kier molecular flexibility index (Phi) is 6.29. The maximum atomic E-state index is 13.7. The summed E-state index contributed by atoms with van der Waals surface area (Å²) in [6.07, 6.45) is 0. The minimum absolute atomic E-state index is 0.205. The van der Waals surface area contributed by atoms with E-state index in [1.165, 1.54) is 40.6 Å². The van der Waals surface area contributed by atoms with Gasteiger partial charge >= 0.3 is 0 Å². The van der Waals surface area contributed by atoms with Gasteiger partial charge in [0.2, 0.25) is 0 Å². The number of carbonyl (C=O) groups excluding carboxylic acids is 1. The third-order valence-electron chi connectivity index (χ3n) is 5.34. The van der Waals surface area contributed by atoms with E-state index in [0.29, 0.717) is 33.0 Å². The molecule has 0 radical (unpaired) electrons. The molecule has 0 aromatic heterocycles. The Bertz CT molecular complexity index is 1330. The quantitative estimate of drug-likeness (QED) is 0.351. The molecule has 2 aliphatic heterocycles. The Labute approximate surface area is 210 Å². The average Bonchev–Trinajstić information content (AvgIpc) is 3.36. The summed E-state index contributed by atoms with van der Waals surface area (Å²) in [7, 11) is 1.60. The van der Waals surface area contributed by atoms with Crippen molar-refractivity contribution in [2.75, 3.05) is 23.5 Å². The molecular weight excluding hydrogens is 493 g/mol. The van der Waals surface area contributed by atoms with E-state index in [1.807, 2.05) is 49.4 Å². The molecule has 0 aliphatic carbocycles. The number of ether oxygens (including phenoxy) is 1. The second kappa shape index (κ2) is 9.37. The first-order valence-electron chi connectivity index (χ1n) is 10.5. The van der Waals surface area contributed by atoms with E-state index in [2.05, 4.69) is 4.90 Å². The van der Waals surface area contributed by atoms with Gasteiger partial charge in [-0.1, -0.05) is 23.4 Å². The van der Waals surface area contributed by atoms with Crippen LogP contribution in [-0.4, -0.2) is 24.7 Å². The zero-order chi connectivity index (χ0) is 23.8. The molecule has 0 N–H and O–H groups in total. The number of aliphatic imine (C=N–C) groups is 1. The molecule has 5 rings (SSSR count). The number of hydrogen-bond acceptors (Lipinski definition) is 6. The number of carbonyl (C=O) groups is 1. The van der Waals surface area contributed by atoms with Gasteiger partial charge in [0.25, 0.3) is 5.91 Å². The highest BCUT2D eigenvalue weighted by atomic mass is 35.5. The molecule has 5 nitrogen and oxygen atoms in total. The predicted octanol–water partition coefficient (Wildman–Crippen LogP) is 7.06. The van der Waals surface area contributed by atoms with Crippen LogP contribution in [0.5, 0.6) is 5.75 Å². The van der Waals surface area contributed by atoms with Gasteiger partial charge < -0.3 is 9.64 Å².